The van der Waals surface area contributed by atoms with Crippen molar-refractivity contribution in [1.29, 1.82) is 0 Å². The van der Waals surface area contributed by atoms with Crippen LogP contribution in [-0.4, -0.2) is 27.5 Å². The van der Waals surface area contributed by atoms with E-state index in [1.807, 2.05) is 17.0 Å². The molecule has 2 aromatic rings. The third kappa shape index (κ3) is 3.66. The second kappa shape index (κ2) is 7.60. The lowest BCUT2D eigenvalue weighted by molar-refractivity contribution is 0.0674. The number of aryl methyl sites for hydroxylation is 1. The average Bonchev–Trinajstić information content (AvgIpc) is 2.90. The van der Waals surface area contributed by atoms with Gasteiger partial charge in [-0.05, 0) is 43.0 Å². The van der Waals surface area contributed by atoms with Crippen LogP contribution in [0.4, 0.5) is 4.39 Å². The minimum absolute atomic E-state index is 0.0650. The van der Waals surface area contributed by atoms with Gasteiger partial charge < -0.3 is 4.90 Å². The van der Waals surface area contributed by atoms with E-state index >= 15 is 0 Å². The summed E-state index contributed by atoms with van der Waals surface area (Å²) in [6, 6.07) is 8.38. The standard InChI is InChI=1S/C19H24FN3O/c1-2-7-16-13-17(22-21-16)19(24)23-11-5-3-4-10-18(23)14-8-6-9-15(20)12-14/h6,8-9,12-13,18H,2-5,7,10-11H2,1H3,(H,21,22). The molecule has 0 bridgehead atoms. The van der Waals surface area contributed by atoms with E-state index in [2.05, 4.69) is 17.1 Å². The van der Waals surface area contributed by atoms with Gasteiger partial charge in [0.2, 0.25) is 0 Å². The maximum absolute atomic E-state index is 13.6. The zero-order valence-corrected chi connectivity index (χ0v) is 14.1. The number of nitrogens with zero attached hydrogens (tertiary/aromatic N) is 2. The molecule has 1 aliphatic rings. The highest BCUT2D eigenvalue weighted by atomic mass is 19.1. The zero-order chi connectivity index (χ0) is 16.9. The minimum Gasteiger partial charge on any atom is -0.330 e. The van der Waals surface area contributed by atoms with Gasteiger partial charge in [-0.1, -0.05) is 38.3 Å². The molecule has 1 atom stereocenters. The molecule has 24 heavy (non-hydrogen) atoms. The molecular weight excluding hydrogens is 305 g/mol. The first-order chi connectivity index (χ1) is 11.7. The van der Waals surface area contributed by atoms with Gasteiger partial charge >= 0.3 is 0 Å². The summed E-state index contributed by atoms with van der Waals surface area (Å²) in [5.41, 5.74) is 2.31. The van der Waals surface area contributed by atoms with Crippen molar-refractivity contribution >= 4 is 5.91 Å². The summed E-state index contributed by atoms with van der Waals surface area (Å²) in [5, 5.41) is 7.14. The zero-order valence-electron chi connectivity index (χ0n) is 14.1. The molecule has 1 saturated heterocycles. The molecule has 1 amide bonds. The molecule has 0 spiro atoms. The SMILES string of the molecule is CCCc1cc(C(=O)N2CCCCCC2c2cccc(F)c2)n[nH]1. The molecule has 1 aromatic carbocycles. The Labute approximate surface area is 142 Å². The topological polar surface area (TPSA) is 49.0 Å². The molecule has 4 nitrogen and oxygen atoms in total. The number of amides is 1. The summed E-state index contributed by atoms with van der Waals surface area (Å²) < 4.78 is 13.6. The molecule has 1 unspecified atom stereocenters. The maximum atomic E-state index is 13.6. The summed E-state index contributed by atoms with van der Waals surface area (Å²) >= 11 is 0. The summed E-state index contributed by atoms with van der Waals surface area (Å²) in [4.78, 5) is 14.9. The van der Waals surface area contributed by atoms with Crippen LogP contribution in [0.5, 0.6) is 0 Å². The van der Waals surface area contributed by atoms with Crippen LogP contribution < -0.4 is 0 Å². The number of aromatic nitrogens is 2. The van der Waals surface area contributed by atoms with Gasteiger partial charge in [0.1, 0.15) is 11.5 Å². The first-order valence-electron chi connectivity index (χ1n) is 8.79. The Morgan fingerprint density at radius 1 is 1.33 bits per heavy atom. The predicted molar refractivity (Wildman–Crippen MR) is 91.2 cm³/mol. The van der Waals surface area contributed by atoms with Crippen LogP contribution in [0.2, 0.25) is 0 Å². The largest absolute Gasteiger partial charge is 0.330 e. The van der Waals surface area contributed by atoms with E-state index < -0.39 is 0 Å². The number of H-pyrrole nitrogens is 1. The molecule has 3 rings (SSSR count). The number of nitrogens with one attached hydrogen (secondary N) is 1. The molecule has 1 N–H and O–H groups in total. The van der Waals surface area contributed by atoms with Gasteiger partial charge in [-0.2, -0.15) is 5.10 Å². The molecule has 0 radical (unpaired) electrons. The number of hydrogen-bond acceptors (Lipinski definition) is 2. The Kier molecular flexibility index (Phi) is 5.28. The summed E-state index contributed by atoms with van der Waals surface area (Å²) in [6.45, 7) is 2.78. The Bertz CT molecular complexity index is 697. The predicted octanol–water partition coefficient (Wildman–Crippen LogP) is 4.26. The Morgan fingerprint density at radius 2 is 2.21 bits per heavy atom. The van der Waals surface area contributed by atoms with Crippen LogP contribution in [0.1, 0.15) is 66.8 Å². The number of carbonyl (C=O) groups is 1. The van der Waals surface area contributed by atoms with Crippen molar-refractivity contribution in [3.8, 4) is 0 Å². The van der Waals surface area contributed by atoms with Crippen molar-refractivity contribution in [2.45, 2.75) is 51.5 Å². The Morgan fingerprint density at radius 3 is 3.00 bits per heavy atom. The van der Waals surface area contributed by atoms with Gasteiger partial charge in [0.25, 0.3) is 5.91 Å². The van der Waals surface area contributed by atoms with Gasteiger partial charge in [-0.3, -0.25) is 9.89 Å². The molecular formula is C19H24FN3O. The second-order valence-electron chi connectivity index (χ2n) is 6.45. The van der Waals surface area contributed by atoms with Crippen LogP contribution >= 0.6 is 0 Å². The average molecular weight is 329 g/mol. The fourth-order valence-corrected chi connectivity index (χ4v) is 3.43. The van der Waals surface area contributed by atoms with Crippen LogP contribution in [0, 0.1) is 5.82 Å². The molecule has 5 heteroatoms. The molecule has 1 aromatic heterocycles. The Hall–Kier alpha value is -2.17. The Balaban J connectivity index is 1.87. The van der Waals surface area contributed by atoms with Gasteiger partial charge in [-0.15, -0.1) is 0 Å². The highest BCUT2D eigenvalue weighted by Crippen LogP contribution is 2.31. The smallest absolute Gasteiger partial charge is 0.274 e. The molecule has 1 aliphatic heterocycles. The van der Waals surface area contributed by atoms with Crippen LogP contribution in [0.15, 0.2) is 30.3 Å². The van der Waals surface area contributed by atoms with E-state index in [0.717, 1.165) is 49.8 Å². The van der Waals surface area contributed by atoms with E-state index in [0.29, 0.717) is 12.2 Å². The van der Waals surface area contributed by atoms with E-state index in [9.17, 15) is 9.18 Å². The number of likely N-dealkylation sites (tertiary alicyclic amines) is 1. The summed E-state index contributed by atoms with van der Waals surface area (Å²) in [7, 11) is 0. The van der Waals surface area contributed by atoms with Gasteiger partial charge in [0, 0.05) is 12.2 Å². The van der Waals surface area contributed by atoms with Crippen molar-refractivity contribution in [3.05, 3.63) is 53.1 Å². The normalized spacial score (nSPS) is 18.4. The lowest BCUT2D eigenvalue weighted by Crippen LogP contribution is -2.35. The minimum atomic E-state index is -0.255. The fourth-order valence-electron chi connectivity index (χ4n) is 3.43. The van der Waals surface area contributed by atoms with Gasteiger partial charge in [0.15, 0.2) is 0 Å². The third-order valence-electron chi connectivity index (χ3n) is 4.62. The fraction of sp³-hybridized carbons (Fsp3) is 0.474. The van der Waals surface area contributed by atoms with E-state index in [1.54, 1.807) is 12.1 Å². The highest BCUT2D eigenvalue weighted by Gasteiger charge is 2.29. The number of benzene rings is 1. The molecule has 128 valence electrons. The number of aromatic amines is 1. The lowest BCUT2D eigenvalue weighted by atomic mass is 10.0. The monoisotopic (exact) mass is 329 g/mol. The van der Waals surface area contributed by atoms with Gasteiger partial charge in [0.05, 0.1) is 6.04 Å². The molecule has 0 saturated carbocycles. The summed E-state index contributed by atoms with van der Waals surface area (Å²) in [6.07, 6.45) is 5.87. The first-order valence-corrected chi connectivity index (χ1v) is 8.79. The number of hydrogen-bond donors (Lipinski definition) is 1. The van der Waals surface area contributed by atoms with Crippen molar-refractivity contribution in [1.82, 2.24) is 15.1 Å². The first kappa shape index (κ1) is 16.7. The number of rotatable bonds is 4. The quantitative estimate of drug-likeness (QED) is 0.911. The van der Waals surface area contributed by atoms with Crippen LogP contribution in [0.25, 0.3) is 0 Å². The molecule has 2 heterocycles. The number of carbonyl (C=O) groups excluding carboxylic acids is 1. The second-order valence-corrected chi connectivity index (χ2v) is 6.45. The maximum Gasteiger partial charge on any atom is 0.274 e. The lowest BCUT2D eigenvalue weighted by Gasteiger charge is -2.30. The van der Waals surface area contributed by atoms with Crippen molar-refractivity contribution in [2.24, 2.45) is 0 Å². The van der Waals surface area contributed by atoms with Crippen molar-refractivity contribution in [3.63, 3.8) is 0 Å². The highest BCUT2D eigenvalue weighted by molar-refractivity contribution is 5.92. The molecule has 1 fully saturated rings. The van der Waals surface area contributed by atoms with Crippen LogP contribution in [-0.2, 0) is 6.42 Å². The van der Waals surface area contributed by atoms with Crippen molar-refractivity contribution in [2.75, 3.05) is 6.54 Å². The van der Waals surface area contributed by atoms with E-state index in [4.69, 9.17) is 0 Å². The summed E-state index contributed by atoms with van der Waals surface area (Å²) in [5.74, 6) is -0.320. The van der Waals surface area contributed by atoms with E-state index in [1.165, 1.54) is 6.07 Å². The third-order valence-corrected chi connectivity index (χ3v) is 4.62. The van der Waals surface area contributed by atoms with Crippen LogP contribution in [0.3, 0.4) is 0 Å². The van der Waals surface area contributed by atoms with Gasteiger partial charge in [-0.25, -0.2) is 4.39 Å². The van der Waals surface area contributed by atoms with E-state index in [-0.39, 0.29) is 17.8 Å². The molecule has 0 aliphatic carbocycles. The number of halogens is 1. The van der Waals surface area contributed by atoms with Crippen molar-refractivity contribution < 1.29 is 9.18 Å².